The van der Waals surface area contributed by atoms with Gasteiger partial charge in [0.1, 0.15) is 6.73 Å². The Morgan fingerprint density at radius 2 is 2.17 bits per heavy atom. The molecule has 24 heavy (non-hydrogen) atoms. The number of nitrogens with zero attached hydrogens (tertiary/aromatic N) is 3. The number of aromatic nitrogens is 4. The number of nitrogens with one attached hydrogen (secondary N) is 1. The van der Waals surface area contributed by atoms with Crippen LogP contribution < -0.4 is 11.3 Å². The van der Waals surface area contributed by atoms with Gasteiger partial charge >= 0.3 is 7.60 Å². The Morgan fingerprint density at radius 3 is 2.79 bits per heavy atom. The molecule has 2 aromatic heterocycles. The highest BCUT2D eigenvalue weighted by Crippen LogP contribution is 2.45. The number of nitrogen functional groups attached to an aromatic ring is 1. The highest BCUT2D eigenvalue weighted by molar-refractivity contribution is 7.52. The summed E-state index contributed by atoms with van der Waals surface area (Å²) in [7, 11) is -4.64. The summed E-state index contributed by atoms with van der Waals surface area (Å²) in [5, 5.41) is 0. The number of alkyl halides is 2. The average molecular weight is 367 g/mol. The predicted molar refractivity (Wildman–Crippen MR) is 79.6 cm³/mol. The summed E-state index contributed by atoms with van der Waals surface area (Å²) in [6.45, 7) is -0.296. The number of hydrogen-bond acceptors (Lipinski definition) is 6. The third-order valence-corrected chi connectivity index (χ3v) is 4.67. The van der Waals surface area contributed by atoms with Crippen molar-refractivity contribution in [2.24, 2.45) is 0 Å². The Kier molecular flexibility index (Phi) is 5.65. The van der Waals surface area contributed by atoms with E-state index < -0.39 is 31.7 Å². The van der Waals surface area contributed by atoms with E-state index in [1.165, 1.54) is 10.9 Å². The quantitative estimate of drug-likeness (QED) is 0.382. The smallest absolute Gasteiger partial charge is 0.328 e. The van der Waals surface area contributed by atoms with Crippen LogP contribution >= 0.6 is 7.60 Å². The molecule has 1 atom stereocenters. The minimum Gasteiger partial charge on any atom is -0.369 e. The van der Waals surface area contributed by atoms with E-state index in [9.17, 15) is 18.1 Å². The van der Waals surface area contributed by atoms with Crippen molar-refractivity contribution in [1.29, 1.82) is 0 Å². The largest absolute Gasteiger partial charge is 0.369 e. The van der Waals surface area contributed by atoms with Crippen LogP contribution in [0.4, 0.5) is 14.7 Å². The van der Waals surface area contributed by atoms with Gasteiger partial charge in [-0.3, -0.25) is 18.9 Å². The molecular formula is C11H16F2N5O5P. The van der Waals surface area contributed by atoms with Gasteiger partial charge < -0.3 is 20.3 Å². The first-order valence-electron chi connectivity index (χ1n) is 6.80. The highest BCUT2D eigenvalue weighted by Gasteiger charge is 2.31. The first-order valence-corrected chi connectivity index (χ1v) is 8.48. The van der Waals surface area contributed by atoms with E-state index >= 15 is 0 Å². The maximum Gasteiger partial charge on any atom is 0.328 e. The Balaban J connectivity index is 1.97. The van der Waals surface area contributed by atoms with Gasteiger partial charge in [-0.1, -0.05) is 0 Å². The molecule has 0 radical (unpaired) electrons. The molecule has 5 N–H and O–H groups in total. The highest BCUT2D eigenvalue weighted by atomic mass is 31.2. The molecule has 0 bridgehead atoms. The third-order valence-electron chi connectivity index (χ3n) is 3.24. The summed E-state index contributed by atoms with van der Waals surface area (Å²) in [6, 6.07) is 0. The van der Waals surface area contributed by atoms with E-state index in [1.807, 2.05) is 0 Å². The van der Waals surface area contributed by atoms with Crippen molar-refractivity contribution in [3.05, 3.63) is 16.7 Å². The lowest BCUT2D eigenvalue weighted by Crippen LogP contribution is -2.16. The fourth-order valence-electron chi connectivity index (χ4n) is 2.08. The van der Waals surface area contributed by atoms with Crippen LogP contribution in [0.3, 0.4) is 0 Å². The summed E-state index contributed by atoms with van der Waals surface area (Å²) in [6.07, 6.45) is -2.68. The van der Waals surface area contributed by atoms with E-state index in [-0.39, 0.29) is 36.9 Å². The summed E-state index contributed by atoms with van der Waals surface area (Å²) < 4.78 is 42.4. The number of nitrogens with two attached hydrogens (primary N) is 1. The molecule has 13 heteroatoms. The second kappa shape index (κ2) is 7.34. The summed E-state index contributed by atoms with van der Waals surface area (Å²) >= 11 is 0. The predicted octanol–water partition coefficient (Wildman–Crippen LogP) is 0.268. The minimum atomic E-state index is -4.64. The van der Waals surface area contributed by atoms with Crippen LogP contribution in [0.25, 0.3) is 11.2 Å². The first kappa shape index (κ1) is 18.5. The van der Waals surface area contributed by atoms with Crippen molar-refractivity contribution in [2.45, 2.75) is 31.7 Å². The molecule has 0 aliphatic heterocycles. The van der Waals surface area contributed by atoms with Gasteiger partial charge in [0.15, 0.2) is 11.2 Å². The van der Waals surface area contributed by atoms with Crippen molar-refractivity contribution in [1.82, 2.24) is 19.5 Å². The molecule has 0 saturated heterocycles. The summed E-state index contributed by atoms with van der Waals surface area (Å²) in [5.41, 5.74) is 3.67. The van der Waals surface area contributed by atoms with Crippen LogP contribution in [0.2, 0.25) is 0 Å². The molecule has 2 rings (SSSR count). The zero-order valence-corrected chi connectivity index (χ0v) is 13.2. The molecule has 134 valence electrons. The van der Waals surface area contributed by atoms with E-state index in [1.54, 1.807) is 0 Å². The number of anilines is 1. The second-order valence-corrected chi connectivity index (χ2v) is 6.94. The van der Waals surface area contributed by atoms with Crippen LogP contribution in [0.15, 0.2) is 11.1 Å². The van der Waals surface area contributed by atoms with Crippen molar-refractivity contribution in [3.63, 3.8) is 0 Å². The monoisotopic (exact) mass is 367 g/mol. The van der Waals surface area contributed by atoms with Gasteiger partial charge in [0.05, 0.1) is 12.0 Å². The molecule has 0 aliphatic rings. The number of aromatic amines is 1. The zero-order valence-electron chi connectivity index (χ0n) is 12.3. The molecule has 0 aliphatic carbocycles. The molecule has 0 spiro atoms. The first-order chi connectivity index (χ1) is 11.2. The fourth-order valence-corrected chi connectivity index (χ4v) is 2.95. The topological polar surface area (TPSA) is 156 Å². The van der Waals surface area contributed by atoms with Crippen LogP contribution in [0.5, 0.6) is 0 Å². The van der Waals surface area contributed by atoms with Crippen LogP contribution in [0, 0.1) is 0 Å². The number of imidazole rings is 1. The lowest BCUT2D eigenvalue weighted by atomic mass is 10.2. The number of halogens is 2. The minimum absolute atomic E-state index is 0.0543. The third kappa shape index (κ3) is 4.57. The van der Waals surface area contributed by atoms with Crippen molar-refractivity contribution in [2.75, 3.05) is 12.3 Å². The lowest BCUT2D eigenvalue weighted by molar-refractivity contribution is 0.0694. The molecular weight excluding hydrogens is 351 g/mol. The maximum absolute atomic E-state index is 12.3. The van der Waals surface area contributed by atoms with Crippen LogP contribution in [-0.2, 0) is 16.0 Å². The maximum atomic E-state index is 12.3. The van der Waals surface area contributed by atoms with Gasteiger partial charge in [-0.05, 0) is 6.42 Å². The van der Waals surface area contributed by atoms with E-state index in [0.717, 1.165) is 0 Å². The number of ether oxygens (including phenoxy) is 1. The Morgan fingerprint density at radius 1 is 1.46 bits per heavy atom. The van der Waals surface area contributed by atoms with Crippen LogP contribution in [-0.4, -0.2) is 48.0 Å². The SMILES string of the molecule is Nc1nc2c(ncn2COCCC(CC(F)F)P(=O)(O)O)c(=O)[nH]1. The van der Waals surface area contributed by atoms with Gasteiger partial charge in [-0.2, -0.15) is 4.98 Å². The van der Waals surface area contributed by atoms with Crippen molar-refractivity contribution >= 4 is 24.7 Å². The molecule has 0 saturated carbocycles. The van der Waals surface area contributed by atoms with E-state index in [4.69, 9.17) is 20.3 Å². The molecule has 2 heterocycles. The molecule has 1 unspecified atom stereocenters. The fraction of sp³-hybridized carbons (Fsp3) is 0.545. The number of rotatable bonds is 8. The number of hydrogen-bond donors (Lipinski definition) is 4. The van der Waals surface area contributed by atoms with Gasteiger partial charge in [-0.25, -0.2) is 13.8 Å². The molecule has 10 nitrogen and oxygen atoms in total. The number of H-pyrrole nitrogens is 1. The van der Waals surface area contributed by atoms with Gasteiger partial charge in [0, 0.05) is 13.0 Å². The van der Waals surface area contributed by atoms with Gasteiger partial charge in [0.25, 0.3) is 5.56 Å². The summed E-state index contributed by atoms with van der Waals surface area (Å²) in [5.74, 6) is -0.104. The van der Waals surface area contributed by atoms with Crippen LogP contribution in [0.1, 0.15) is 12.8 Å². The van der Waals surface area contributed by atoms with Gasteiger partial charge in [-0.15, -0.1) is 0 Å². The van der Waals surface area contributed by atoms with Crippen molar-refractivity contribution in [3.8, 4) is 0 Å². The molecule has 0 amide bonds. The molecule has 0 aromatic carbocycles. The van der Waals surface area contributed by atoms with E-state index in [0.29, 0.717) is 0 Å². The Labute approximate surface area is 133 Å². The summed E-state index contributed by atoms with van der Waals surface area (Å²) in [4.78, 5) is 39.7. The standard InChI is InChI=1S/C11H16F2N5O5P/c12-7(13)3-6(24(20,21)22)1-2-23-5-18-4-15-8-9(18)16-11(14)17-10(8)19/h4,6-7H,1-3,5H2,(H2,20,21,22)(H3,14,16,17,19). The Bertz CT molecular complexity index is 804. The molecule has 0 fully saturated rings. The Hall–Kier alpha value is -1.88. The van der Waals surface area contributed by atoms with Crippen molar-refractivity contribution < 1.29 is 27.9 Å². The molecule has 2 aromatic rings. The normalized spacial score (nSPS) is 13.7. The lowest BCUT2D eigenvalue weighted by Gasteiger charge is -2.17. The zero-order chi connectivity index (χ0) is 17.9. The van der Waals surface area contributed by atoms with Gasteiger partial charge in [0.2, 0.25) is 12.4 Å². The average Bonchev–Trinajstić information content (AvgIpc) is 2.84. The number of fused-ring (bicyclic) bond motifs is 1. The van der Waals surface area contributed by atoms with E-state index in [2.05, 4.69) is 15.0 Å². The second-order valence-electron chi connectivity index (χ2n) is 5.03.